The fourth-order valence-corrected chi connectivity index (χ4v) is 1.91. The molecule has 0 aromatic heterocycles. The lowest BCUT2D eigenvalue weighted by molar-refractivity contribution is -0.112. The van der Waals surface area contributed by atoms with Crippen LogP contribution in [0.3, 0.4) is 0 Å². The lowest BCUT2D eigenvalue weighted by Gasteiger charge is -2.17. The lowest BCUT2D eigenvalue weighted by Crippen LogP contribution is -2.24. The normalized spacial score (nSPS) is 10.9. The fraction of sp³-hybridized carbons (Fsp3) is 0.375. The van der Waals surface area contributed by atoms with Gasteiger partial charge in [0.1, 0.15) is 11.6 Å². The summed E-state index contributed by atoms with van der Waals surface area (Å²) < 4.78 is 0. The molecule has 0 spiro atoms. The first-order chi connectivity index (χ1) is 10.0. The first kappa shape index (κ1) is 16.7. The Morgan fingerprint density at radius 3 is 2.71 bits per heavy atom. The quantitative estimate of drug-likeness (QED) is 0.619. The Bertz CT molecular complexity index is 573. The topological polar surface area (TPSA) is 76.4 Å². The largest absolute Gasteiger partial charge is 0.395 e. The number of nitriles is 1. The Balaban J connectivity index is 2.89. The number of rotatable bonds is 6. The molecule has 5 nitrogen and oxygen atoms in total. The molecule has 0 saturated heterocycles. The highest BCUT2D eigenvalue weighted by atomic mass is 16.3. The number of hydrogen-bond donors (Lipinski definition) is 2. The van der Waals surface area contributed by atoms with Crippen molar-refractivity contribution >= 4 is 11.6 Å². The van der Waals surface area contributed by atoms with Gasteiger partial charge in [-0.05, 0) is 32.4 Å². The van der Waals surface area contributed by atoms with Crippen LogP contribution in [-0.4, -0.2) is 35.6 Å². The number of amides is 1. The second kappa shape index (κ2) is 8.08. The van der Waals surface area contributed by atoms with E-state index in [1.165, 1.54) is 6.20 Å². The first-order valence-electron chi connectivity index (χ1n) is 6.87. The monoisotopic (exact) mass is 287 g/mol. The van der Waals surface area contributed by atoms with Gasteiger partial charge in [-0.3, -0.25) is 4.79 Å². The van der Waals surface area contributed by atoms with Crippen molar-refractivity contribution in [1.82, 2.24) is 4.90 Å². The van der Waals surface area contributed by atoms with Crippen LogP contribution in [0.25, 0.3) is 0 Å². The third-order valence-corrected chi connectivity index (χ3v) is 3.10. The minimum absolute atomic E-state index is 0.0188. The summed E-state index contributed by atoms with van der Waals surface area (Å²) in [5, 5.41) is 20.8. The van der Waals surface area contributed by atoms with Crippen molar-refractivity contribution in [3.63, 3.8) is 0 Å². The van der Waals surface area contributed by atoms with E-state index in [2.05, 4.69) is 5.32 Å². The molecule has 0 fully saturated rings. The molecule has 1 aromatic carbocycles. The van der Waals surface area contributed by atoms with E-state index in [1.54, 1.807) is 4.90 Å². The van der Waals surface area contributed by atoms with Crippen molar-refractivity contribution in [2.24, 2.45) is 0 Å². The van der Waals surface area contributed by atoms with Crippen molar-refractivity contribution in [3.05, 3.63) is 41.1 Å². The number of nitrogens with zero attached hydrogens (tertiary/aromatic N) is 2. The van der Waals surface area contributed by atoms with Gasteiger partial charge < -0.3 is 15.3 Å². The highest BCUT2D eigenvalue weighted by Gasteiger charge is 2.12. The van der Waals surface area contributed by atoms with Crippen molar-refractivity contribution in [2.45, 2.75) is 20.8 Å². The van der Waals surface area contributed by atoms with E-state index in [4.69, 9.17) is 10.4 Å². The Hall–Kier alpha value is -2.32. The van der Waals surface area contributed by atoms with Crippen LogP contribution in [0.5, 0.6) is 0 Å². The molecule has 0 saturated carbocycles. The van der Waals surface area contributed by atoms with Crippen LogP contribution in [0.1, 0.15) is 18.1 Å². The minimum atomic E-state index is -0.444. The standard InChI is InChI=1S/C16H21N3O2/c1-4-19(7-8-20)11-14(10-17)16(21)18-15-6-5-12(2)9-13(15)3/h5-6,9,11,20H,4,7-8H2,1-3H3,(H,18,21)/b14-11-. The summed E-state index contributed by atoms with van der Waals surface area (Å²) in [7, 11) is 0. The van der Waals surface area contributed by atoms with Gasteiger partial charge in [-0.2, -0.15) is 5.26 Å². The molecule has 1 rings (SSSR count). The molecule has 0 aliphatic rings. The van der Waals surface area contributed by atoms with Gasteiger partial charge in [-0.25, -0.2) is 0 Å². The summed E-state index contributed by atoms with van der Waals surface area (Å²) in [6.45, 7) is 6.75. The molecule has 0 aliphatic heterocycles. The van der Waals surface area contributed by atoms with Crippen molar-refractivity contribution in [1.29, 1.82) is 5.26 Å². The van der Waals surface area contributed by atoms with E-state index in [0.29, 0.717) is 18.8 Å². The van der Waals surface area contributed by atoms with Gasteiger partial charge in [0.15, 0.2) is 0 Å². The summed E-state index contributed by atoms with van der Waals surface area (Å²) in [4.78, 5) is 13.9. The van der Waals surface area contributed by atoms with Crippen molar-refractivity contribution < 1.29 is 9.90 Å². The van der Waals surface area contributed by atoms with Gasteiger partial charge in [0, 0.05) is 25.0 Å². The van der Waals surface area contributed by atoms with Crippen LogP contribution >= 0.6 is 0 Å². The molecule has 0 heterocycles. The molecular weight excluding hydrogens is 266 g/mol. The number of anilines is 1. The fourth-order valence-electron chi connectivity index (χ4n) is 1.91. The Labute approximate surface area is 125 Å². The average Bonchev–Trinajstić information content (AvgIpc) is 2.46. The maximum atomic E-state index is 12.1. The third kappa shape index (κ3) is 4.93. The Kier molecular flexibility index (Phi) is 6.44. The van der Waals surface area contributed by atoms with Gasteiger partial charge in [-0.15, -0.1) is 0 Å². The highest BCUT2D eigenvalue weighted by molar-refractivity contribution is 6.06. The molecule has 0 atom stereocenters. The van der Waals surface area contributed by atoms with E-state index < -0.39 is 5.91 Å². The number of likely N-dealkylation sites (N-methyl/N-ethyl adjacent to an activating group) is 1. The van der Waals surface area contributed by atoms with Gasteiger partial charge >= 0.3 is 0 Å². The number of carbonyl (C=O) groups is 1. The van der Waals surface area contributed by atoms with Crippen molar-refractivity contribution in [2.75, 3.05) is 25.0 Å². The molecule has 1 amide bonds. The third-order valence-electron chi connectivity index (χ3n) is 3.10. The Morgan fingerprint density at radius 1 is 1.48 bits per heavy atom. The number of hydrogen-bond acceptors (Lipinski definition) is 4. The summed E-state index contributed by atoms with van der Waals surface area (Å²) in [6, 6.07) is 7.60. The maximum Gasteiger partial charge on any atom is 0.267 e. The van der Waals surface area contributed by atoms with Gasteiger partial charge in [0.2, 0.25) is 0 Å². The second-order valence-corrected chi connectivity index (χ2v) is 4.78. The molecule has 0 bridgehead atoms. The van der Waals surface area contributed by atoms with Gasteiger partial charge in [0.25, 0.3) is 5.91 Å². The first-order valence-corrected chi connectivity index (χ1v) is 6.87. The molecule has 5 heteroatoms. The molecule has 112 valence electrons. The predicted molar refractivity (Wildman–Crippen MR) is 82.6 cm³/mol. The molecule has 2 N–H and O–H groups in total. The van der Waals surface area contributed by atoms with Gasteiger partial charge in [0.05, 0.1) is 6.61 Å². The number of aryl methyl sites for hydroxylation is 2. The summed E-state index contributed by atoms with van der Waals surface area (Å²) >= 11 is 0. The predicted octanol–water partition coefficient (Wildman–Crippen LogP) is 1.96. The van der Waals surface area contributed by atoms with E-state index in [-0.39, 0.29) is 12.2 Å². The van der Waals surface area contributed by atoms with Gasteiger partial charge in [-0.1, -0.05) is 17.7 Å². The van der Waals surface area contributed by atoms with Crippen LogP contribution in [0.2, 0.25) is 0 Å². The summed E-state index contributed by atoms with van der Waals surface area (Å²) in [6.07, 6.45) is 1.48. The number of benzene rings is 1. The maximum absolute atomic E-state index is 12.1. The smallest absolute Gasteiger partial charge is 0.267 e. The number of aliphatic hydroxyl groups excluding tert-OH is 1. The molecular formula is C16H21N3O2. The molecule has 0 unspecified atom stereocenters. The van der Waals surface area contributed by atoms with E-state index in [0.717, 1.165) is 11.1 Å². The summed E-state index contributed by atoms with van der Waals surface area (Å²) in [5.74, 6) is -0.444. The van der Waals surface area contributed by atoms with Crippen molar-refractivity contribution in [3.8, 4) is 6.07 Å². The lowest BCUT2D eigenvalue weighted by atomic mass is 10.1. The van der Waals surface area contributed by atoms with Crippen LogP contribution in [0.4, 0.5) is 5.69 Å². The zero-order valence-electron chi connectivity index (χ0n) is 12.7. The zero-order valence-corrected chi connectivity index (χ0v) is 12.7. The van der Waals surface area contributed by atoms with Crippen LogP contribution < -0.4 is 5.32 Å². The average molecular weight is 287 g/mol. The van der Waals surface area contributed by atoms with Crippen LogP contribution in [0.15, 0.2) is 30.0 Å². The minimum Gasteiger partial charge on any atom is -0.395 e. The zero-order chi connectivity index (χ0) is 15.8. The molecule has 1 aromatic rings. The molecule has 0 radical (unpaired) electrons. The molecule has 0 aliphatic carbocycles. The second-order valence-electron chi connectivity index (χ2n) is 4.78. The highest BCUT2D eigenvalue weighted by Crippen LogP contribution is 2.16. The van der Waals surface area contributed by atoms with Crippen LogP contribution in [-0.2, 0) is 4.79 Å². The van der Waals surface area contributed by atoms with E-state index in [9.17, 15) is 4.79 Å². The summed E-state index contributed by atoms with van der Waals surface area (Å²) in [5.41, 5.74) is 2.77. The Morgan fingerprint density at radius 2 is 2.19 bits per heavy atom. The van der Waals surface area contributed by atoms with E-state index in [1.807, 2.05) is 45.0 Å². The van der Waals surface area contributed by atoms with Crippen LogP contribution in [0, 0.1) is 25.2 Å². The SMILES string of the molecule is CCN(/C=C(/C#N)C(=O)Nc1ccc(C)cc1C)CCO. The molecule has 21 heavy (non-hydrogen) atoms. The number of aliphatic hydroxyl groups is 1. The van der Waals surface area contributed by atoms with E-state index >= 15 is 0 Å². The number of carbonyl (C=O) groups excluding carboxylic acids is 1. The number of nitrogens with one attached hydrogen (secondary N) is 1.